The molecule has 92 valence electrons. The summed E-state index contributed by atoms with van der Waals surface area (Å²) in [6, 6.07) is 18.0. The predicted molar refractivity (Wildman–Crippen MR) is 79.4 cm³/mol. The molecule has 0 aromatic heterocycles. The molecule has 2 aromatic carbocycles. The second kappa shape index (κ2) is 5.25. The average molecular weight is 302 g/mol. The second-order valence-electron chi connectivity index (χ2n) is 4.86. The molecular weight excluding hydrogens is 286 g/mol. The quantitative estimate of drug-likeness (QED) is 0.884. The molecule has 0 spiro atoms. The van der Waals surface area contributed by atoms with Gasteiger partial charge in [0, 0.05) is 17.1 Å². The Morgan fingerprint density at radius 2 is 1.78 bits per heavy atom. The van der Waals surface area contributed by atoms with Crippen molar-refractivity contribution < 1.29 is 0 Å². The maximum absolute atomic E-state index is 3.53. The minimum absolute atomic E-state index is 0.773. The summed E-state index contributed by atoms with van der Waals surface area (Å²) in [6.45, 7) is 0.990. The maximum atomic E-state index is 3.53. The second-order valence-corrected chi connectivity index (χ2v) is 5.78. The van der Waals surface area contributed by atoms with Gasteiger partial charge >= 0.3 is 0 Å². The van der Waals surface area contributed by atoms with Crippen LogP contribution < -0.4 is 5.32 Å². The van der Waals surface area contributed by atoms with Gasteiger partial charge in [0.2, 0.25) is 0 Å². The van der Waals surface area contributed by atoms with Crippen molar-refractivity contribution in [2.75, 3.05) is 0 Å². The van der Waals surface area contributed by atoms with E-state index in [9.17, 15) is 0 Å². The number of hydrogen-bond donors (Lipinski definition) is 1. The van der Waals surface area contributed by atoms with Gasteiger partial charge < -0.3 is 5.32 Å². The van der Waals surface area contributed by atoms with Crippen molar-refractivity contribution in [1.29, 1.82) is 0 Å². The summed E-state index contributed by atoms with van der Waals surface area (Å²) < 4.78 is 1.12. The van der Waals surface area contributed by atoms with Crippen molar-refractivity contribution in [2.45, 2.75) is 25.4 Å². The summed E-state index contributed by atoms with van der Waals surface area (Å²) in [4.78, 5) is 0. The average Bonchev–Trinajstić information content (AvgIpc) is 3.21. The van der Waals surface area contributed by atoms with Crippen LogP contribution in [0.1, 0.15) is 18.4 Å². The molecule has 0 aliphatic heterocycles. The lowest BCUT2D eigenvalue weighted by Gasteiger charge is -2.06. The Kier molecular flexibility index (Phi) is 3.48. The smallest absolute Gasteiger partial charge is 0.0208 e. The molecule has 0 radical (unpaired) electrons. The third kappa shape index (κ3) is 3.01. The summed E-state index contributed by atoms with van der Waals surface area (Å²) in [5.41, 5.74) is 3.89. The van der Waals surface area contributed by atoms with Crippen molar-refractivity contribution in [3.8, 4) is 11.1 Å². The predicted octanol–water partition coefficient (Wildman–Crippen LogP) is 4.37. The van der Waals surface area contributed by atoms with Crippen LogP contribution in [0.15, 0.2) is 53.0 Å². The highest BCUT2D eigenvalue weighted by molar-refractivity contribution is 9.10. The fourth-order valence-electron chi connectivity index (χ4n) is 2.03. The van der Waals surface area contributed by atoms with Crippen molar-refractivity contribution in [1.82, 2.24) is 5.32 Å². The zero-order valence-electron chi connectivity index (χ0n) is 10.2. The van der Waals surface area contributed by atoms with Crippen LogP contribution in [0.25, 0.3) is 11.1 Å². The fraction of sp³-hybridized carbons (Fsp3) is 0.250. The van der Waals surface area contributed by atoms with E-state index < -0.39 is 0 Å². The molecule has 0 bridgehead atoms. The standard InChI is InChI=1S/C16H16BrN/c17-15-3-1-2-14(10-15)13-6-4-12(5-7-13)11-18-16-8-9-16/h1-7,10,16,18H,8-9,11H2. The van der Waals surface area contributed by atoms with E-state index >= 15 is 0 Å². The number of rotatable bonds is 4. The van der Waals surface area contributed by atoms with Crippen LogP contribution in [0, 0.1) is 0 Å². The zero-order chi connectivity index (χ0) is 12.4. The third-order valence-electron chi connectivity index (χ3n) is 3.28. The Morgan fingerprint density at radius 1 is 1.00 bits per heavy atom. The molecule has 0 heterocycles. The van der Waals surface area contributed by atoms with Gasteiger partial charge in [0.05, 0.1) is 0 Å². The van der Waals surface area contributed by atoms with Gasteiger partial charge in [-0.15, -0.1) is 0 Å². The third-order valence-corrected chi connectivity index (χ3v) is 3.78. The Hall–Kier alpha value is -1.12. The molecule has 1 N–H and O–H groups in total. The lowest BCUT2D eigenvalue weighted by molar-refractivity contribution is 0.688. The molecule has 1 nitrogen and oxygen atoms in total. The van der Waals surface area contributed by atoms with E-state index in [4.69, 9.17) is 0 Å². The van der Waals surface area contributed by atoms with Gasteiger partial charge in [-0.1, -0.05) is 52.3 Å². The summed E-state index contributed by atoms with van der Waals surface area (Å²) in [7, 11) is 0. The lowest BCUT2D eigenvalue weighted by Crippen LogP contribution is -2.14. The highest BCUT2D eigenvalue weighted by Crippen LogP contribution is 2.24. The first kappa shape index (κ1) is 11.9. The molecule has 1 aliphatic rings. The van der Waals surface area contributed by atoms with Crippen molar-refractivity contribution in [3.63, 3.8) is 0 Å². The maximum Gasteiger partial charge on any atom is 0.0208 e. The number of benzene rings is 2. The molecule has 0 saturated heterocycles. The van der Waals surface area contributed by atoms with Crippen molar-refractivity contribution in [2.24, 2.45) is 0 Å². The summed E-state index contributed by atoms with van der Waals surface area (Å²) in [5.74, 6) is 0. The molecular formula is C16H16BrN. The van der Waals surface area contributed by atoms with Crippen molar-refractivity contribution >= 4 is 15.9 Å². The van der Waals surface area contributed by atoms with E-state index in [1.54, 1.807) is 0 Å². The number of hydrogen-bond acceptors (Lipinski definition) is 1. The van der Waals surface area contributed by atoms with E-state index in [2.05, 4.69) is 69.8 Å². The molecule has 3 rings (SSSR count). The highest BCUT2D eigenvalue weighted by atomic mass is 79.9. The molecule has 1 saturated carbocycles. The molecule has 1 fully saturated rings. The van der Waals surface area contributed by atoms with Gasteiger partial charge in [-0.25, -0.2) is 0 Å². The zero-order valence-corrected chi connectivity index (χ0v) is 11.8. The highest BCUT2D eigenvalue weighted by Gasteiger charge is 2.19. The first-order valence-electron chi connectivity index (χ1n) is 6.39. The van der Waals surface area contributed by atoms with Crippen LogP contribution in [0.2, 0.25) is 0 Å². The van der Waals surface area contributed by atoms with Crippen LogP contribution in [-0.2, 0) is 6.54 Å². The molecule has 0 amide bonds. The Balaban J connectivity index is 1.73. The van der Waals surface area contributed by atoms with Crippen LogP contribution in [-0.4, -0.2) is 6.04 Å². The Bertz CT molecular complexity index is 529. The summed E-state index contributed by atoms with van der Waals surface area (Å²) >= 11 is 3.51. The monoisotopic (exact) mass is 301 g/mol. The van der Waals surface area contributed by atoms with Gasteiger partial charge in [-0.3, -0.25) is 0 Å². The van der Waals surface area contributed by atoms with Crippen LogP contribution >= 0.6 is 15.9 Å². The van der Waals surface area contributed by atoms with Gasteiger partial charge in [0.25, 0.3) is 0 Å². The van der Waals surface area contributed by atoms with Crippen molar-refractivity contribution in [3.05, 3.63) is 58.6 Å². The van der Waals surface area contributed by atoms with Crippen LogP contribution in [0.3, 0.4) is 0 Å². The number of halogens is 1. The SMILES string of the molecule is Brc1cccc(-c2ccc(CNC3CC3)cc2)c1. The van der Waals surface area contributed by atoms with Gasteiger partial charge in [0.15, 0.2) is 0 Å². The van der Waals surface area contributed by atoms with Gasteiger partial charge in [-0.05, 0) is 41.7 Å². The molecule has 2 heteroatoms. The van der Waals surface area contributed by atoms with Crippen LogP contribution in [0.5, 0.6) is 0 Å². The minimum atomic E-state index is 0.773. The van der Waals surface area contributed by atoms with Gasteiger partial charge in [0.1, 0.15) is 0 Å². The van der Waals surface area contributed by atoms with E-state index in [0.29, 0.717) is 0 Å². The molecule has 0 atom stereocenters. The lowest BCUT2D eigenvalue weighted by atomic mass is 10.0. The van der Waals surface area contributed by atoms with E-state index in [-0.39, 0.29) is 0 Å². The number of nitrogens with one attached hydrogen (secondary N) is 1. The fourth-order valence-corrected chi connectivity index (χ4v) is 2.43. The molecule has 2 aromatic rings. The van der Waals surface area contributed by atoms with E-state index in [0.717, 1.165) is 17.1 Å². The Labute approximate surface area is 116 Å². The van der Waals surface area contributed by atoms with Gasteiger partial charge in [-0.2, -0.15) is 0 Å². The Morgan fingerprint density at radius 3 is 2.44 bits per heavy atom. The van der Waals surface area contributed by atoms with E-state index in [1.807, 2.05) is 0 Å². The molecule has 1 aliphatic carbocycles. The summed E-state index contributed by atoms with van der Waals surface area (Å²) in [5, 5.41) is 3.53. The van der Waals surface area contributed by atoms with E-state index in [1.165, 1.54) is 29.5 Å². The topological polar surface area (TPSA) is 12.0 Å². The minimum Gasteiger partial charge on any atom is -0.310 e. The van der Waals surface area contributed by atoms with Crippen LogP contribution in [0.4, 0.5) is 0 Å². The largest absolute Gasteiger partial charge is 0.310 e. The first-order chi connectivity index (χ1) is 8.81. The molecule has 18 heavy (non-hydrogen) atoms. The summed E-state index contributed by atoms with van der Waals surface area (Å²) in [6.07, 6.45) is 2.69. The first-order valence-corrected chi connectivity index (χ1v) is 7.19. The molecule has 0 unspecified atom stereocenters. The normalized spacial score (nSPS) is 14.7.